The Morgan fingerprint density at radius 1 is 1.36 bits per heavy atom. The van der Waals surface area contributed by atoms with Crippen LogP contribution in [0.5, 0.6) is 11.5 Å². The minimum atomic E-state index is 0.253. The van der Waals surface area contributed by atoms with Gasteiger partial charge in [-0.3, -0.25) is 4.99 Å². The zero-order chi connectivity index (χ0) is 18.1. The van der Waals surface area contributed by atoms with Gasteiger partial charge in [-0.25, -0.2) is 0 Å². The maximum absolute atomic E-state index is 9.94. The van der Waals surface area contributed by atoms with Crippen LogP contribution in [0.15, 0.2) is 23.2 Å². The first-order valence-electron chi connectivity index (χ1n) is 9.18. The molecule has 0 bridgehead atoms. The van der Waals surface area contributed by atoms with Gasteiger partial charge in [0.25, 0.3) is 0 Å². The number of hydrogen-bond donors (Lipinski definition) is 3. The molecule has 0 aromatic heterocycles. The van der Waals surface area contributed by atoms with Crippen LogP contribution in [0, 0.1) is 0 Å². The molecule has 1 heterocycles. The number of likely N-dealkylation sites (tertiary alicyclic amines) is 1. The summed E-state index contributed by atoms with van der Waals surface area (Å²) in [5, 5.41) is 16.5. The third-order valence-electron chi connectivity index (χ3n) is 4.81. The van der Waals surface area contributed by atoms with E-state index in [2.05, 4.69) is 27.4 Å². The summed E-state index contributed by atoms with van der Waals surface area (Å²) in [7, 11) is 3.38. The molecule has 1 aromatic carbocycles. The van der Waals surface area contributed by atoms with E-state index in [0.717, 1.165) is 36.8 Å². The minimum Gasteiger partial charge on any atom is -0.508 e. The highest BCUT2D eigenvalue weighted by atomic mass is 16.5. The monoisotopic (exact) mass is 348 g/mol. The number of guanidine groups is 1. The summed E-state index contributed by atoms with van der Waals surface area (Å²) < 4.78 is 5.20. The van der Waals surface area contributed by atoms with Gasteiger partial charge >= 0.3 is 0 Å². The van der Waals surface area contributed by atoms with E-state index < -0.39 is 0 Å². The Hall–Kier alpha value is -1.95. The first kappa shape index (κ1) is 19.4. The van der Waals surface area contributed by atoms with Crippen molar-refractivity contribution in [2.75, 3.05) is 33.8 Å². The topological polar surface area (TPSA) is 69.1 Å². The Balaban J connectivity index is 1.72. The van der Waals surface area contributed by atoms with E-state index in [1.165, 1.54) is 25.8 Å². The minimum absolute atomic E-state index is 0.253. The number of hydrogen-bond acceptors (Lipinski definition) is 4. The lowest BCUT2D eigenvalue weighted by Crippen LogP contribution is -2.41. The largest absolute Gasteiger partial charge is 0.508 e. The van der Waals surface area contributed by atoms with E-state index in [1.54, 1.807) is 26.3 Å². The third kappa shape index (κ3) is 6.12. The molecule has 1 fully saturated rings. The van der Waals surface area contributed by atoms with Crippen molar-refractivity contribution in [3.05, 3.63) is 23.8 Å². The zero-order valence-corrected chi connectivity index (χ0v) is 15.7. The normalized spacial score (nSPS) is 18.8. The smallest absolute Gasteiger partial charge is 0.191 e. The fraction of sp³-hybridized carbons (Fsp3) is 0.632. The van der Waals surface area contributed by atoms with E-state index in [0.29, 0.717) is 12.6 Å². The van der Waals surface area contributed by atoms with Crippen molar-refractivity contribution >= 4 is 5.96 Å². The number of benzene rings is 1. The number of phenolic OH excluding ortho intramolecular Hbond substituents is 1. The van der Waals surface area contributed by atoms with Gasteiger partial charge in [-0.05, 0) is 50.9 Å². The van der Waals surface area contributed by atoms with Gasteiger partial charge in [0.2, 0.25) is 0 Å². The number of ether oxygens (including phenoxy) is 1. The van der Waals surface area contributed by atoms with Crippen molar-refractivity contribution in [3.63, 3.8) is 0 Å². The van der Waals surface area contributed by atoms with Gasteiger partial charge in [-0.2, -0.15) is 0 Å². The molecule has 1 aliphatic rings. The van der Waals surface area contributed by atoms with Crippen molar-refractivity contribution in [2.45, 2.75) is 45.2 Å². The summed E-state index contributed by atoms with van der Waals surface area (Å²) in [4.78, 5) is 6.82. The number of phenols is 1. The molecule has 140 valence electrons. The van der Waals surface area contributed by atoms with Gasteiger partial charge < -0.3 is 25.4 Å². The molecular weight excluding hydrogens is 316 g/mol. The fourth-order valence-corrected chi connectivity index (χ4v) is 3.21. The molecule has 3 N–H and O–H groups in total. The maximum atomic E-state index is 9.94. The van der Waals surface area contributed by atoms with Crippen LogP contribution in [-0.2, 0) is 6.54 Å². The Bertz CT molecular complexity index is 562. The SMILES string of the molecule is CN=C(NCCCN1CCCCC1C)NCc1cc(OC)ccc1O. The van der Waals surface area contributed by atoms with Crippen LogP contribution in [0.25, 0.3) is 0 Å². The summed E-state index contributed by atoms with van der Waals surface area (Å²) >= 11 is 0. The molecule has 0 aliphatic carbocycles. The van der Waals surface area contributed by atoms with Crippen molar-refractivity contribution in [1.82, 2.24) is 15.5 Å². The van der Waals surface area contributed by atoms with Crippen molar-refractivity contribution in [1.29, 1.82) is 0 Å². The zero-order valence-electron chi connectivity index (χ0n) is 15.7. The Morgan fingerprint density at radius 3 is 2.92 bits per heavy atom. The molecule has 0 radical (unpaired) electrons. The lowest BCUT2D eigenvalue weighted by Gasteiger charge is -2.33. The molecular formula is C19H32N4O2. The summed E-state index contributed by atoms with van der Waals surface area (Å²) in [5.41, 5.74) is 0.782. The Kier molecular flexibility index (Phi) is 7.85. The van der Waals surface area contributed by atoms with Crippen molar-refractivity contribution < 1.29 is 9.84 Å². The highest BCUT2D eigenvalue weighted by molar-refractivity contribution is 5.79. The lowest BCUT2D eigenvalue weighted by molar-refractivity contribution is 0.159. The van der Waals surface area contributed by atoms with Crippen molar-refractivity contribution in [2.24, 2.45) is 4.99 Å². The molecule has 1 saturated heterocycles. The highest BCUT2D eigenvalue weighted by Gasteiger charge is 2.17. The number of nitrogens with zero attached hydrogens (tertiary/aromatic N) is 2. The van der Waals surface area contributed by atoms with Crippen LogP contribution in [-0.4, -0.2) is 55.8 Å². The van der Waals surface area contributed by atoms with E-state index in [4.69, 9.17) is 4.74 Å². The molecule has 0 saturated carbocycles. The van der Waals surface area contributed by atoms with Crippen molar-refractivity contribution in [3.8, 4) is 11.5 Å². The Morgan fingerprint density at radius 2 is 2.20 bits per heavy atom. The molecule has 6 heteroatoms. The molecule has 1 aromatic rings. The van der Waals surface area contributed by atoms with Crippen LogP contribution < -0.4 is 15.4 Å². The second-order valence-corrected chi connectivity index (χ2v) is 6.58. The van der Waals surface area contributed by atoms with E-state index >= 15 is 0 Å². The predicted molar refractivity (Wildman–Crippen MR) is 102 cm³/mol. The number of rotatable bonds is 7. The third-order valence-corrected chi connectivity index (χ3v) is 4.81. The molecule has 1 aliphatic heterocycles. The van der Waals surface area contributed by atoms with Gasteiger partial charge in [0.15, 0.2) is 5.96 Å². The van der Waals surface area contributed by atoms with Gasteiger partial charge in [-0.15, -0.1) is 0 Å². The highest BCUT2D eigenvalue weighted by Crippen LogP contribution is 2.22. The summed E-state index contributed by atoms with van der Waals surface area (Å²) in [6.07, 6.45) is 5.10. The summed E-state index contributed by atoms with van der Waals surface area (Å²) in [6, 6.07) is 5.93. The predicted octanol–water partition coefficient (Wildman–Crippen LogP) is 2.33. The van der Waals surface area contributed by atoms with Crippen LogP contribution in [0.3, 0.4) is 0 Å². The lowest BCUT2D eigenvalue weighted by atomic mass is 10.0. The van der Waals surface area contributed by atoms with Gasteiger partial charge in [0.1, 0.15) is 11.5 Å². The maximum Gasteiger partial charge on any atom is 0.191 e. The van der Waals surface area contributed by atoms with E-state index in [-0.39, 0.29) is 5.75 Å². The number of piperidine rings is 1. The molecule has 1 atom stereocenters. The number of aromatic hydroxyl groups is 1. The molecule has 2 rings (SSSR count). The first-order chi connectivity index (χ1) is 12.1. The van der Waals surface area contributed by atoms with Gasteiger partial charge in [0, 0.05) is 38.3 Å². The second kappa shape index (κ2) is 10.1. The fourth-order valence-electron chi connectivity index (χ4n) is 3.21. The summed E-state index contributed by atoms with van der Waals surface area (Å²) in [6.45, 7) is 6.05. The first-order valence-corrected chi connectivity index (χ1v) is 9.18. The molecule has 0 spiro atoms. The number of aliphatic imine (C=N–C) groups is 1. The standard InChI is InChI=1S/C19H32N4O2/c1-15-7-4-5-11-23(15)12-6-10-21-19(20-2)22-14-16-13-17(25-3)8-9-18(16)24/h8-9,13,15,24H,4-7,10-12,14H2,1-3H3,(H2,20,21,22). The van der Waals surface area contributed by atoms with Gasteiger partial charge in [0.05, 0.1) is 7.11 Å². The molecule has 0 amide bonds. The Labute approximate surface area is 151 Å². The molecule has 1 unspecified atom stereocenters. The average Bonchev–Trinajstić information content (AvgIpc) is 2.63. The van der Waals surface area contributed by atoms with Crippen LogP contribution in [0.2, 0.25) is 0 Å². The van der Waals surface area contributed by atoms with E-state index in [1.807, 2.05) is 6.07 Å². The van der Waals surface area contributed by atoms with Crippen LogP contribution in [0.4, 0.5) is 0 Å². The van der Waals surface area contributed by atoms with E-state index in [9.17, 15) is 5.11 Å². The number of nitrogens with one attached hydrogen (secondary N) is 2. The second-order valence-electron chi connectivity index (χ2n) is 6.58. The molecule has 6 nitrogen and oxygen atoms in total. The quantitative estimate of drug-likeness (QED) is 0.401. The van der Waals surface area contributed by atoms with Gasteiger partial charge in [-0.1, -0.05) is 6.42 Å². The van der Waals surface area contributed by atoms with Crippen LogP contribution in [0.1, 0.15) is 38.2 Å². The molecule has 25 heavy (non-hydrogen) atoms. The number of methoxy groups -OCH3 is 1. The average molecular weight is 348 g/mol. The van der Waals surface area contributed by atoms with Crippen LogP contribution >= 0.6 is 0 Å². The summed E-state index contributed by atoms with van der Waals surface area (Å²) in [5.74, 6) is 1.73.